The molecule has 1 saturated heterocycles. The van der Waals surface area contributed by atoms with Gasteiger partial charge < -0.3 is 0 Å². The van der Waals surface area contributed by atoms with Gasteiger partial charge in [-0.2, -0.15) is 0 Å². The fourth-order valence-corrected chi connectivity index (χ4v) is 3.44. The zero-order chi connectivity index (χ0) is 13.1. The van der Waals surface area contributed by atoms with E-state index in [0.29, 0.717) is 0 Å². The highest BCUT2D eigenvalue weighted by Gasteiger charge is 2.12. The number of hydrogen-bond acceptors (Lipinski definition) is 3. The Morgan fingerprint density at radius 3 is 2.84 bits per heavy atom. The first-order chi connectivity index (χ1) is 9.31. The topological polar surface area (TPSA) is 16.1 Å². The van der Waals surface area contributed by atoms with Gasteiger partial charge in [-0.05, 0) is 38.9 Å². The molecular weight excluding hydrogens is 252 g/mol. The minimum atomic E-state index is 1.02. The van der Waals surface area contributed by atoms with Gasteiger partial charge in [0.05, 0.1) is 5.69 Å². The molecule has 3 heteroatoms. The largest absolute Gasteiger partial charge is 0.297 e. The van der Waals surface area contributed by atoms with Gasteiger partial charge in [0, 0.05) is 17.5 Å². The molecule has 3 rings (SSSR count). The van der Waals surface area contributed by atoms with Gasteiger partial charge in [0.1, 0.15) is 5.01 Å². The Balaban J connectivity index is 1.72. The summed E-state index contributed by atoms with van der Waals surface area (Å²) in [6, 6.07) is 8.60. The summed E-state index contributed by atoms with van der Waals surface area (Å²) in [6.45, 7) is 5.61. The summed E-state index contributed by atoms with van der Waals surface area (Å²) >= 11 is 1.76. The fourth-order valence-electron chi connectivity index (χ4n) is 2.64. The quantitative estimate of drug-likeness (QED) is 0.836. The van der Waals surface area contributed by atoms with Crippen molar-refractivity contribution in [2.24, 2.45) is 0 Å². The van der Waals surface area contributed by atoms with E-state index in [9.17, 15) is 0 Å². The number of likely N-dealkylation sites (tertiary alicyclic amines) is 1. The maximum absolute atomic E-state index is 4.79. The lowest BCUT2D eigenvalue weighted by Crippen LogP contribution is -2.29. The van der Waals surface area contributed by atoms with Gasteiger partial charge in [0.15, 0.2) is 0 Å². The molecule has 0 aliphatic carbocycles. The van der Waals surface area contributed by atoms with Crippen molar-refractivity contribution in [1.82, 2.24) is 9.88 Å². The standard InChI is InChI=1S/C16H20N2S/c1-13-6-5-7-14(10-13)16-17-15(12-19-16)11-18-8-3-2-4-9-18/h5-7,10,12H,2-4,8-9,11H2,1H3. The minimum absolute atomic E-state index is 1.02. The number of aromatic nitrogens is 1. The number of rotatable bonds is 3. The second-order valence-corrected chi connectivity index (χ2v) is 6.21. The Kier molecular flexibility index (Phi) is 3.95. The molecular formula is C16H20N2S. The smallest absolute Gasteiger partial charge is 0.123 e. The van der Waals surface area contributed by atoms with Gasteiger partial charge >= 0.3 is 0 Å². The lowest BCUT2D eigenvalue weighted by atomic mass is 10.1. The second-order valence-electron chi connectivity index (χ2n) is 5.35. The average molecular weight is 272 g/mol. The molecule has 2 aromatic rings. The van der Waals surface area contributed by atoms with E-state index in [1.807, 2.05) is 0 Å². The van der Waals surface area contributed by atoms with E-state index in [2.05, 4.69) is 41.5 Å². The third-order valence-corrected chi connectivity index (χ3v) is 4.59. The molecule has 19 heavy (non-hydrogen) atoms. The van der Waals surface area contributed by atoms with E-state index < -0.39 is 0 Å². The molecule has 1 fully saturated rings. The maximum Gasteiger partial charge on any atom is 0.123 e. The van der Waals surface area contributed by atoms with Gasteiger partial charge in [-0.15, -0.1) is 11.3 Å². The maximum atomic E-state index is 4.79. The highest BCUT2D eigenvalue weighted by molar-refractivity contribution is 7.13. The molecule has 0 radical (unpaired) electrons. The van der Waals surface area contributed by atoms with Crippen molar-refractivity contribution in [3.05, 3.63) is 40.9 Å². The van der Waals surface area contributed by atoms with Crippen LogP contribution in [-0.4, -0.2) is 23.0 Å². The minimum Gasteiger partial charge on any atom is -0.297 e. The number of benzene rings is 1. The van der Waals surface area contributed by atoms with Crippen molar-refractivity contribution in [2.45, 2.75) is 32.7 Å². The van der Waals surface area contributed by atoms with E-state index in [-0.39, 0.29) is 0 Å². The molecule has 1 aliphatic heterocycles. The Hall–Kier alpha value is -1.19. The molecule has 0 saturated carbocycles. The molecule has 0 spiro atoms. The van der Waals surface area contributed by atoms with Gasteiger partial charge in [-0.25, -0.2) is 4.98 Å². The highest BCUT2D eigenvalue weighted by Crippen LogP contribution is 2.25. The summed E-state index contributed by atoms with van der Waals surface area (Å²) in [5.74, 6) is 0. The normalized spacial score (nSPS) is 16.7. The second kappa shape index (κ2) is 5.85. The van der Waals surface area contributed by atoms with Crippen LogP contribution in [-0.2, 0) is 6.54 Å². The summed E-state index contributed by atoms with van der Waals surface area (Å²) in [6.07, 6.45) is 4.08. The zero-order valence-corrected chi connectivity index (χ0v) is 12.2. The van der Waals surface area contributed by atoms with Gasteiger partial charge in [0.25, 0.3) is 0 Å². The van der Waals surface area contributed by atoms with Crippen molar-refractivity contribution >= 4 is 11.3 Å². The number of aryl methyl sites for hydroxylation is 1. The fraction of sp³-hybridized carbons (Fsp3) is 0.438. The molecule has 100 valence electrons. The van der Waals surface area contributed by atoms with Gasteiger partial charge in [0.2, 0.25) is 0 Å². The van der Waals surface area contributed by atoms with Crippen LogP contribution in [0.15, 0.2) is 29.6 Å². The third kappa shape index (κ3) is 3.23. The first-order valence-corrected chi connectivity index (χ1v) is 7.93. The Morgan fingerprint density at radius 1 is 1.21 bits per heavy atom. The monoisotopic (exact) mass is 272 g/mol. The van der Waals surface area contributed by atoms with E-state index >= 15 is 0 Å². The van der Waals surface area contributed by atoms with Crippen molar-refractivity contribution < 1.29 is 0 Å². The van der Waals surface area contributed by atoms with E-state index in [1.54, 1.807) is 11.3 Å². The van der Waals surface area contributed by atoms with Crippen LogP contribution in [0.5, 0.6) is 0 Å². The molecule has 0 bridgehead atoms. The molecule has 0 unspecified atom stereocenters. The zero-order valence-electron chi connectivity index (χ0n) is 11.4. The van der Waals surface area contributed by atoms with E-state index in [4.69, 9.17) is 4.98 Å². The Morgan fingerprint density at radius 2 is 2.05 bits per heavy atom. The summed E-state index contributed by atoms with van der Waals surface area (Å²) in [4.78, 5) is 7.32. The highest BCUT2D eigenvalue weighted by atomic mass is 32.1. The van der Waals surface area contributed by atoms with Crippen LogP contribution in [0, 0.1) is 6.92 Å². The predicted molar refractivity (Wildman–Crippen MR) is 81.4 cm³/mol. The molecule has 2 nitrogen and oxygen atoms in total. The molecule has 1 aromatic carbocycles. The first kappa shape index (κ1) is 12.8. The molecule has 0 amide bonds. The number of hydrogen-bond donors (Lipinski definition) is 0. The number of thiazole rings is 1. The third-order valence-electron chi connectivity index (χ3n) is 3.65. The van der Waals surface area contributed by atoms with E-state index in [0.717, 1.165) is 11.6 Å². The van der Waals surface area contributed by atoms with Crippen LogP contribution in [0.4, 0.5) is 0 Å². The lowest BCUT2D eigenvalue weighted by Gasteiger charge is -2.25. The average Bonchev–Trinajstić information content (AvgIpc) is 2.88. The van der Waals surface area contributed by atoms with Crippen LogP contribution >= 0.6 is 11.3 Å². The number of piperidine rings is 1. The Labute approximate surface area is 119 Å². The summed E-state index contributed by atoms with van der Waals surface area (Å²) in [5.41, 5.74) is 3.77. The van der Waals surface area contributed by atoms with Gasteiger partial charge in [-0.1, -0.05) is 30.2 Å². The van der Waals surface area contributed by atoms with Crippen molar-refractivity contribution in [3.63, 3.8) is 0 Å². The first-order valence-electron chi connectivity index (χ1n) is 7.05. The summed E-state index contributed by atoms with van der Waals surface area (Å²) in [7, 11) is 0. The van der Waals surface area contributed by atoms with Crippen LogP contribution < -0.4 is 0 Å². The molecule has 1 aromatic heterocycles. The van der Waals surface area contributed by atoms with Crippen molar-refractivity contribution in [1.29, 1.82) is 0 Å². The van der Waals surface area contributed by atoms with Crippen molar-refractivity contribution in [3.8, 4) is 10.6 Å². The Bertz CT molecular complexity index is 541. The number of nitrogens with zero attached hydrogens (tertiary/aromatic N) is 2. The SMILES string of the molecule is Cc1cccc(-c2nc(CN3CCCCC3)cs2)c1. The van der Waals surface area contributed by atoms with Crippen molar-refractivity contribution in [2.75, 3.05) is 13.1 Å². The lowest BCUT2D eigenvalue weighted by molar-refractivity contribution is 0.219. The van der Waals surface area contributed by atoms with Crippen LogP contribution in [0.3, 0.4) is 0 Å². The molecule has 1 aliphatic rings. The van der Waals surface area contributed by atoms with Crippen LogP contribution in [0.2, 0.25) is 0 Å². The summed E-state index contributed by atoms with van der Waals surface area (Å²) in [5, 5.41) is 3.36. The van der Waals surface area contributed by atoms with Crippen LogP contribution in [0.1, 0.15) is 30.5 Å². The molecule has 0 atom stereocenters. The summed E-state index contributed by atoms with van der Waals surface area (Å²) < 4.78 is 0. The molecule has 0 N–H and O–H groups in total. The van der Waals surface area contributed by atoms with E-state index in [1.165, 1.54) is 49.2 Å². The van der Waals surface area contributed by atoms with Gasteiger partial charge in [-0.3, -0.25) is 4.90 Å². The van der Waals surface area contributed by atoms with Crippen LogP contribution in [0.25, 0.3) is 10.6 Å². The predicted octanol–water partition coefficient (Wildman–Crippen LogP) is 4.10. The molecule has 2 heterocycles.